The molecule has 1 nitrogen and oxygen atoms in total. The van der Waals surface area contributed by atoms with Crippen LogP contribution in [0.25, 0.3) is 0 Å². The summed E-state index contributed by atoms with van der Waals surface area (Å²) in [6, 6.07) is 6.78. The van der Waals surface area contributed by atoms with Crippen LogP contribution >= 0.6 is 15.9 Å². The van der Waals surface area contributed by atoms with E-state index in [0.29, 0.717) is 4.83 Å². The van der Waals surface area contributed by atoms with Gasteiger partial charge in [0.15, 0.2) is 0 Å². The molecule has 0 N–H and O–H groups in total. The molecule has 2 rings (SSSR count). The molecule has 1 aromatic rings. The van der Waals surface area contributed by atoms with Gasteiger partial charge in [0.2, 0.25) is 0 Å². The summed E-state index contributed by atoms with van der Waals surface area (Å²) in [6.07, 6.45) is 1.27. The Hall–Kier alpha value is -0.340. The van der Waals surface area contributed by atoms with Crippen LogP contribution in [0.1, 0.15) is 30.0 Å². The molecule has 1 aromatic carbocycles. The maximum absolute atomic E-state index is 3.77. The molecule has 1 heterocycles. The van der Waals surface area contributed by atoms with Crippen LogP contribution in [0.15, 0.2) is 18.2 Å². The molecule has 1 aliphatic rings. The number of likely N-dealkylation sites (tertiary alicyclic amines) is 1. The molecular weight excluding hydrogens is 274 g/mol. The number of alkyl halides is 1. The fourth-order valence-electron chi connectivity index (χ4n) is 2.56. The standard InChI is InChI=1S/C15H22BrN/c1-11-4-5-12(2)14(8-11)10-17-7-6-15(16)13(3)9-17/h4-5,8,13,15H,6-7,9-10H2,1-3H3. The molecule has 2 atom stereocenters. The average Bonchev–Trinajstić information content (AvgIpc) is 2.29. The zero-order chi connectivity index (χ0) is 12.4. The van der Waals surface area contributed by atoms with Crippen molar-refractivity contribution in [2.45, 2.75) is 38.6 Å². The smallest absolute Gasteiger partial charge is 0.0236 e. The lowest BCUT2D eigenvalue weighted by Crippen LogP contribution is -2.39. The first-order chi connectivity index (χ1) is 8.06. The van der Waals surface area contributed by atoms with E-state index in [2.05, 4.69) is 59.8 Å². The van der Waals surface area contributed by atoms with Crippen molar-refractivity contribution in [1.29, 1.82) is 0 Å². The first-order valence-corrected chi connectivity index (χ1v) is 7.40. The van der Waals surface area contributed by atoms with Crippen molar-refractivity contribution < 1.29 is 0 Å². The van der Waals surface area contributed by atoms with Gasteiger partial charge in [-0.1, -0.05) is 46.6 Å². The molecule has 2 heteroatoms. The van der Waals surface area contributed by atoms with Gasteiger partial charge in [-0.2, -0.15) is 0 Å². The second-order valence-electron chi connectivity index (χ2n) is 5.45. The summed E-state index contributed by atoms with van der Waals surface area (Å²) in [5.41, 5.74) is 4.28. The lowest BCUT2D eigenvalue weighted by Gasteiger charge is -2.34. The second kappa shape index (κ2) is 5.53. The Balaban J connectivity index is 2.03. The van der Waals surface area contributed by atoms with Crippen molar-refractivity contribution in [2.75, 3.05) is 13.1 Å². The zero-order valence-electron chi connectivity index (χ0n) is 11.0. The van der Waals surface area contributed by atoms with Crippen molar-refractivity contribution in [3.05, 3.63) is 34.9 Å². The molecule has 1 saturated heterocycles. The van der Waals surface area contributed by atoms with Crippen LogP contribution in [-0.4, -0.2) is 22.8 Å². The third kappa shape index (κ3) is 3.32. The first kappa shape index (κ1) is 13.1. The van der Waals surface area contributed by atoms with Crippen LogP contribution in [0.4, 0.5) is 0 Å². The van der Waals surface area contributed by atoms with Gasteiger partial charge in [-0.25, -0.2) is 0 Å². The maximum atomic E-state index is 3.77. The van der Waals surface area contributed by atoms with E-state index >= 15 is 0 Å². The summed E-state index contributed by atoms with van der Waals surface area (Å²) in [5.74, 6) is 0.758. The van der Waals surface area contributed by atoms with Gasteiger partial charge in [0.25, 0.3) is 0 Å². The van der Waals surface area contributed by atoms with Crippen LogP contribution in [0.2, 0.25) is 0 Å². The number of nitrogens with zero attached hydrogens (tertiary/aromatic N) is 1. The van der Waals surface area contributed by atoms with E-state index in [1.54, 1.807) is 0 Å². The van der Waals surface area contributed by atoms with E-state index in [-0.39, 0.29) is 0 Å². The van der Waals surface area contributed by atoms with Gasteiger partial charge < -0.3 is 0 Å². The van der Waals surface area contributed by atoms with E-state index < -0.39 is 0 Å². The SMILES string of the molecule is Cc1ccc(C)c(CN2CCC(Br)C(C)C2)c1. The lowest BCUT2D eigenvalue weighted by molar-refractivity contribution is 0.183. The Morgan fingerprint density at radius 1 is 1.35 bits per heavy atom. The highest BCUT2D eigenvalue weighted by Gasteiger charge is 2.23. The van der Waals surface area contributed by atoms with Crippen molar-refractivity contribution in [3.8, 4) is 0 Å². The van der Waals surface area contributed by atoms with Gasteiger partial charge in [-0.15, -0.1) is 0 Å². The molecule has 1 aliphatic heterocycles. The lowest BCUT2D eigenvalue weighted by atomic mass is 9.98. The number of piperidine rings is 1. The van der Waals surface area contributed by atoms with Gasteiger partial charge in [0.1, 0.15) is 0 Å². The van der Waals surface area contributed by atoms with Crippen molar-refractivity contribution in [1.82, 2.24) is 4.90 Å². The van der Waals surface area contributed by atoms with Crippen LogP contribution < -0.4 is 0 Å². The molecular formula is C15H22BrN. The number of rotatable bonds is 2. The molecule has 94 valence electrons. The van der Waals surface area contributed by atoms with Gasteiger partial charge in [0, 0.05) is 17.9 Å². The number of aryl methyl sites for hydroxylation is 2. The monoisotopic (exact) mass is 295 g/mol. The molecule has 2 unspecified atom stereocenters. The van der Waals surface area contributed by atoms with Crippen LogP contribution in [0.5, 0.6) is 0 Å². The maximum Gasteiger partial charge on any atom is 0.0236 e. The third-order valence-electron chi connectivity index (χ3n) is 3.78. The Morgan fingerprint density at radius 3 is 2.82 bits per heavy atom. The molecule has 0 spiro atoms. The third-order valence-corrected chi connectivity index (χ3v) is 5.14. The molecule has 0 aromatic heterocycles. The minimum atomic E-state index is 0.706. The Labute approximate surface area is 113 Å². The molecule has 0 amide bonds. The first-order valence-electron chi connectivity index (χ1n) is 6.49. The largest absolute Gasteiger partial charge is 0.299 e. The summed E-state index contributed by atoms with van der Waals surface area (Å²) < 4.78 is 0. The fourth-order valence-corrected chi connectivity index (χ4v) is 2.93. The Bertz CT molecular complexity index is 389. The van der Waals surface area contributed by atoms with E-state index in [1.165, 1.54) is 36.2 Å². The number of hydrogen-bond donors (Lipinski definition) is 0. The quantitative estimate of drug-likeness (QED) is 0.748. The Kier molecular flexibility index (Phi) is 4.26. The van der Waals surface area contributed by atoms with Crippen LogP contribution in [0.3, 0.4) is 0 Å². The highest BCUT2D eigenvalue weighted by molar-refractivity contribution is 9.09. The zero-order valence-corrected chi connectivity index (χ0v) is 12.6. The van der Waals surface area contributed by atoms with Crippen molar-refractivity contribution in [3.63, 3.8) is 0 Å². The Morgan fingerprint density at radius 2 is 2.12 bits per heavy atom. The summed E-state index contributed by atoms with van der Waals surface area (Å²) in [5, 5.41) is 0. The summed E-state index contributed by atoms with van der Waals surface area (Å²) in [7, 11) is 0. The molecule has 0 aliphatic carbocycles. The second-order valence-corrected chi connectivity index (χ2v) is 6.62. The van der Waals surface area contributed by atoms with Gasteiger partial charge in [0.05, 0.1) is 0 Å². The van der Waals surface area contributed by atoms with E-state index in [1.807, 2.05) is 0 Å². The van der Waals surface area contributed by atoms with E-state index in [0.717, 1.165) is 12.5 Å². The average molecular weight is 296 g/mol. The topological polar surface area (TPSA) is 3.24 Å². The molecule has 0 radical (unpaired) electrons. The molecule has 0 saturated carbocycles. The minimum Gasteiger partial charge on any atom is -0.299 e. The fraction of sp³-hybridized carbons (Fsp3) is 0.600. The number of hydrogen-bond acceptors (Lipinski definition) is 1. The number of halogens is 1. The van der Waals surface area contributed by atoms with Gasteiger partial charge in [-0.3, -0.25) is 4.90 Å². The van der Waals surface area contributed by atoms with Crippen molar-refractivity contribution >= 4 is 15.9 Å². The molecule has 0 bridgehead atoms. The molecule has 1 fully saturated rings. The predicted molar refractivity (Wildman–Crippen MR) is 77.7 cm³/mol. The highest BCUT2D eigenvalue weighted by atomic mass is 79.9. The van der Waals surface area contributed by atoms with Gasteiger partial charge in [-0.05, 0) is 43.9 Å². The normalized spacial score (nSPS) is 26.1. The van der Waals surface area contributed by atoms with Crippen LogP contribution in [-0.2, 0) is 6.54 Å². The predicted octanol–water partition coefficient (Wildman–Crippen LogP) is 3.91. The highest BCUT2D eigenvalue weighted by Crippen LogP contribution is 2.25. The summed E-state index contributed by atoms with van der Waals surface area (Å²) in [4.78, 5) is 3.29. The van der Waals surface area contributed by atoms with Crippen LogP contribution in [0, 0.1) is 19.8 Å². The summed E-state index contributed by atoms with van der Waals surface area (Å²) in [6.45, 7) is 10.3. The molecule has 17 heavy (non-hydrogen) atoms. The van der Waals surface area contributed by atoms with Crippen molar-refractivity contribution in [2.24, 2.45) is 5.92 Å². The van der Waals surface area contributed by atoms with E-state index in [9.17, 15) is 0 Å². The summed E-state index contributed by atoms with van der Waals surface area (Å²) >= 11 is 3.77. The number of benzene rings is 1. The van der Waals surface area contributed by atoms with Gasteiger partial charge >= 0.3 is 0 Å². The van der Waals surface area contributed by atoms with E-state index in [4.69, 9.17) is 0 Å². The minimum absolute atomic E-state index is 0.706.